The molecule has 0 radical (unpaired) electrons. The van der Waals surface area contributed by atoms with Gasteiger partial charge in [0.15, 0.2) is 0 Å². The zero-order valence-corrected chi connectivity index (χ0v) is 5.88. The van der Waals surface area contributed by atoms with E-state index >= 15 is 0 Å². The Labute approximate surface area is 56.4 Å². The number of hydrogen-bond donors (Lipinski definition) is 2. The van der Waals surface area contributed by atoms with Crippen LogP contribution in [0.1, 0.15) is 19.8 Å². The molecule has 0 fully saturated rings. The Balaban J connectivity index is 3.20. The summed E-state index contributed by atoms with van der Waals surface area (Å²) in [6.07, 6.45) is 5.39. The van der Waals surface area contributed by atoms with E-state index in [9.17, 15) is 0 Å². The van der Waals surface area contributed by atoms with Crippen molar-refractivity contribution in [2.75, 3.05) is 6.54 Å². The molecule has 0 aromatic heterocycles. The molecule has 0 aliphatic rings. The number of aliphatic hydroxyl groups excluding tert-OH is 1. The molecule has 3 N–H and O–H groups in total. The van der Waals surface area contributed by atoms with Crippen molar-refractivity contribution in [1.82, 2.24) is 0 Å². The quantitative estimate of drug-likeness (QED) is 0.548. The summed E-state index contributed by atoms with van der Waals surface area (Å²) in [6, 6.07) is 0. The zero-order chi connectivity index (χ0) is 7.11. The van der Waals surface area contributed by atoms with Gasteiger partial charge in [0.1, 0.15) is 0 Å². The molecule has 0 bridgehead atoms. The minimum atomic E-state index is -0.448. The molecule has 0 aliphatic heterocycles. The molecule has 0 aromatic rings. The van der Waals surface area contributed by atoms with Crippen LogP contribution in [-0.2, 0) is 0 Å². The largest absolute Gasteiger partial charge is 0.388 e. The molecule has 0 unspecified atom stereocenters. The van der Waals surface area contributed by atoms with Gasteiger partial charge in [0.2, 0.25) is 0 Å². The van der Waals surface area contributed by atoms with Crippen molar-refractivity contribution in [2.45, 2.75) is 25.9 Å². The SMILES string of the molecule is CCC/C=C/[C@@H](O)CN. The first-order chi connectivity index (χ1) is 4.31. The Morgan fingerprint density at radius 1 is 1.67 bits per heavy atom. The van der Waals surface area contributed by atoms with Crippen LogP contribution >= 0.6 is 0 Å². The van der Waals surface area contributed by atoms with Crippen LogP contribution in [0, 0.1) is 0 Å². The van der Waals surface area contributed by atoms with E-state index in [0.29, 0.717) is 6.54 Å². The Hall–Kier alpha value is -0.340. The minimum absolute atomic E-state index is 0.320. The van der Waals surface area contributed by atoms with Crippen LogP contribution in [0.2, 0.25) is 0 Å². The molecule has 0 aliphatic carbocycles. The number of unbranched alkanes of at least 4 members (excludes halogenated alkanes) is 1. The first-order valence-corrected chi connectivity index (χ1v) is 3.36. The van der Waals surface area contributed by atoms with Gasteiger partial charge in [0.05, 0.1) is 6.10 Å². The molecular formula is C7H15NO. The van der Waals surface area contributed by atoms with Crippen molar-refractivity contribution in [3.05, 3.63) is 12.2 Å². The fourth-order valence-corrected chi connectivity index (χ4v) is 0.499. The predicted octanol–water partition coefficient (Wildman–Crippen LogP) is 0.662. The second kappa shape index (κ2) is 5.79. The van der Waals surface area contributed by atoms with Crippen LogP contribution in [-0.4, -0.2) is 17.8 Å². The fraction of sp³-hybridized carbons (Fsp3) is 0.714. The van der Waals surface area contributed by atoms with Crippen molar-refractivity contribution in [3.63, 3.8) is 0 Å². The van der Waals surface area contributed by atoms with Gasteiger partial charge in [-0.2, -0.15) is 0 Å². The van der Waals surface area contributed by atoms with Gasteiger partial charge in [0, 0.05) is 6.54 Å². The van der Waals surface area contributed by atoms with Crippen molar-refractivity contribution >= 4 is 0 Å². The Morgan fingerprint density at radius 3 is 2.78 bits per heavy atom. The average Bonchev–Trinajstić information content (AvgIpc) is 1.89. The van der Waals surface area contributed by atoms with Gasteiger partial charge in [-0.05, 0) is 6.42 Å². The van der Waals surface area contributed by atoms with E-state index in [1.165, 1.54) is 0 Å². The monoisotopic (exact) mass is 129 g/mol. The lowest BCUT2D eigenvalue weighted by atomic mass is 10.2. The number of nitrogens with two attached hydrogens (primary N) is 1. The molecule has 0 saturated carbocycles. The molecule has 0 amide bonds. The van der Waals surface area contributed by atoms with E-state index in [1.54, 1.807) is 6.08 Å². The van der Waals surface area contributed by atoms with Gasteiger partial charge in [-0.15, -0.1) is 0 Å². The number of allylic oxidation sites excluding steroid dienone is 1. The van der Waals surface area contributed by atoms with E-state index in [4.69, 9.17) is 10.8 Å². The van der Waals surface area contributed by atoms with Crippen molar-refractivity contribution in [1.29, 1.82) is 0 Å². The van der Waals surface area contributed by atoms with E-state index in [2.05, 4.69) is 6.92 Å². The smallest absolute Gasteiger partial charge is 0.0843 e. The van der Waals surface area contributed by atoms with Gasteiger partial charge in [0.25, 0.3) is 0 Å². The molecule has 0 heterocycles. The van der Waals surface area contributed by atoms with Crippen molar-refractivity contribution < 1.29 is 5.11 Å². The van der Waals surface area contributed by atoms with Crippen LogP contribution < -0.4 is 5.73 Å². The van der Waals surface area contributed by atoms with Crippen LogP contribution in [0.5, 0.6) is 0 Å². The second-order valence-corrected chi connectivity index (χ2v) is 2.02. The summed E-state index contributed by atoms with van der Waals surface area (Å²) in [7, 11) is 0. The van der Waals surface area contributed by atoms with Gasteiger partial charge in [-0.1, -0.05) is 25.5 Å². The molecule has 0 saturated heterocycles. The van der Waals surface area contributed by atoms with Gasteiger partial charge < -0.3 is 10.8 Å². The maximum atomic E-state index is 8.87. The van der Waals surface area contributed by atoms with Gasteiger partial charge in [-0.3, -0.25) is 0 Å². The highest BCUT2D eigenvalue weighted by Crippen LogP contribution is 1.90. The highest BCUT2D eigenvalue weighted by atomic mass is 16.3. The standard InChI is InChI=1S/C7H15NO/c1-2-3-4-5-7(9)6-8/h4-5,7,9H,2-3,6,8H2,1H3/b5-4+/t7-/m1/s1. The molecule has 0 spiro atoms. The van der Waals surface area contributed by atoms with Crippen molar-refractivity contribution in [2.24, 2.45) is 5.73 Å². The van der Waals surface area contributed by atoms with E-state index in [1.807, 2.05) is 6.08 Å². The lowest BCUT2D eigenvalue weighted by molar-refractivity contribution is 0.231. The van der Waals surface area contributed by atoms with Crippen LogP contribution in [0.3, 0.4) is 0 Å². The maximum absolute atomic E-state index is 8.87. The summed E-state index contributed by atoms with van der Waals surface area (Å²) < 4.78 is 0. The Morgan fingerprint density at radius 2 is 2.33 bits per heavy atom. The number of hydrogen-bond acceptors (Lipinski definition) is 2. The molecular weight excluding hydrogens is 114 g/mol. The average molecular weight is 129 g/mol. The van der Waals surface area contributed by atoms with Crippen LogP contribution in [0.4, 0.5) is 0 Å². The summed E-state index contributed by atoms with van der Waals surface area (Å²) in [5.74, 6) is 0. The minimum Gasteiger partial charge on any atom is -0.388 e. The lowest BCUT2D eigenvalue weighted by Crippen LogP contribution is -2.16. The predicted molar refractivity (Wildman–Crippen MR) is 39.1 cm³/mol. The molecule has 1 atom stereocenters. The summed E-state index contributed by atoms with van der Waals surface area (Å²) in [4.78, 5) is 0. The molecule has 0 aromatic carbocycles. The number of rotatable bonds is 4. The highest BCUT2D eigenvalue weighted by Gasteiger charge is 1.89. The first-order valence-electron chi connectivity index (χ1n) is 3.36. The molecule has 2 heteroatoms. The first kappa shape index (κ1) is 8.66. The maximum Gasteiger partial charge on any atom is 0.0843 e. The fourth-order valence-electron chi connectivity index (χ4n) is 0.499. The van der Waals surface area contributed by atoms with Crippen LogP contribution in [0.15, 0.2) is 12.2 Å². The topological polar surface area (TPSA) is 46.2 Å². The van der Waals surface area contributed by atoms with E-state index in [0.717, 1.165) is 12.8 Å². The van der Waals surface area contributed by atoms with Crippen molar-refractivity contribution in [3.8, 4) is 0 Å². The normalized spacial score (nSPS) is 14.6. The third-order valence-corrected chi connectivity index (χ3v) is 1.06. The third kappa shape index (κ3) is 5.53. The van der Waals surface area contributed by atoms with E-state index < -0.39 is 6.10 Å². The number of aliphatic hydroxyl groups is 1. The summed E-state index contributed by atoms with van der Waals surface area (Å²) in [5, 5.41) is 8.87. The molecule has 54 valence electrons. The van der Waals surface area contributed by atoms with Crippen LogP contribution in [0.25, 0.3) is 0 Å². The zero-order valence-electron chi connectivity index (χ0n) is 5.88. The highest BCUT2D eigenvalue weighted by molar-refractivity contribution is 4.88. The summed E-state index contributed by atoms with van der Waals surface area (Å²) in [5.41, 5.74) is 5.15. The third-order valence-electron chi connectivity index (χ3n) is 1.06. The molecule has 2 nitrogen and oxygen atoms in total. The summed E-state index contributed by atoms with van der Waals surface area (Å²) in [6.45, 7) is 2.42. The Kier molecular flexibility index (Phi) is 5.57. The summed E-state index contributed by atoms with van der Waals surface area (Å²) >= 11 is 0. The molecule has 9 heavy (non-hydrogen) atoms. The molecule has 0 rings (SSSR count). The second-order valence-electron chi connectivity index (χ2n) is 2.02. The van der Waals surface area contributed by atoms with Gasteiger partial charge >= 0.3 is 0 Å². The lowest BCUT2D eigenvalue weighted by Gasteiger charge is -1.97. The van der Waals surface area contributed by atoms with E-state index in [-0.39, 0.29) is 0 Å². The Bertz CT molecular complexity index is 81.0. The van der Waals surface area contributed by atoms with Gasteiger partial charge in [-0.25, -0.2) is 0 Å².